The molecule has 3 N–H and O–H groups in total. The van der Waals surface area contributed by atoms with Crippen LogP contribution in [-0.4, -0.2) is 47.7 Å². The fourth-order valence-electron chi connectivity index (χ4n) is 2.09. The lowest BCUT2D eigenvalue weighted by atomic mass is 10.1. The van der Waals surface area contributed by atoms with Crippen LogP contribution in [0.3, 0.4) is 0 Å². The van der Waals surface area contributed by atoms with E-state index in [9.17, 15) is 4.79 Å². The second kappa shape index (κ2) is 21.4. The van der Waals surface area contributed by atoms with Crippen molar-refractivity contribution in [3.05, 3.63) is 0 Å². The minimum Gasteiger partial charge on any atom is -0.469 e. The molecule has 0 aromatic carbocycles. The van der Waals surface area contributed by atoms with Gasteiger partial charge in [-0.3, -0.25) is 4.79 Å². The lowest BCUT2D eigenvalue weighted by Crippen LogP contribution is -2.15. The molecule has 0 heterocycles. The van der Waals surface area contributed by atoms with Gasteiger partial charge in [0, 0.05) is 6.42 Å². The summed E-state index contributed by atoms with van der Waals surface area (Å²) in [6.45, 7) is 1.53. The number of methoxy groups -OCH3 is 1. The first-order valence-electron chi connectivity index (χ1n) is 9.08. The number of esters is 1. The molecule has 0 aliphatic heterocycles. The number of rotatable bonds is 14. The molecular formula is C18H38O5. The van der Waals surface area contributed by atoms with Gasteiger partial charge in [-0.15, -0.1) is 0 Å². The van der Waals surface area contributed by atoms with Crippen LogP contribution in [0.4, 0.5) is 0 Å². The predicted molar refractivity (Wildman–Crippen MR) is 93.3 cm³/mol. The van der Waals surface area contributed by atoms with Crippen LogP contribution < -0.4 is 0 Å². The maximum absolute atomic E-state index is 10.8. The van der Waals surface area contributed by atoms with Gasteiger partial charge in [-0.25, -0.2) is 0 Å². The number of hydrogen-bond donors (Lipinski definition) is 3. The van der Waals surface area contributed by atoms with E-state index in [4.69, 9.17) is 15.3 Å². The highest BCUT2D eigenvalue weighted by Gasteiger charge is 1.99. The summed E-state index contributed by atoms with van der Waals surface area (Å²) in [6, 6.07) is 0. The Balaban J connectivity index is 0. The molecule has 5 nitrogen and oxygen atoms in total. The van der Waals surface area contributed by atoms with Gasteiger partial charge in [0.2, 0.25) is 0 Å². The van der Waals surface area contributed by atoms with Crippen LogP contribution in [0.25, 0.3) is 0 Å². The summed E-state index contributed by atoms with van der Waals surface area (Å²) in [4.78, 5) is 10.8. The fraction of sp³-hybridized carbons (Fsp3) is 0.944. The van der Waals surface area contributed by atoms with Crippen molar-refractivity contribution in [1.29, 1.82) is 0 Å². The Bertz CT molecular complexity index is 229. The third-order valence-electron chi connectivity index (χ3n) is 3.63. The maximum Gasteiger partial charge on any atom is 0.305 e. The van der Waals surface area contributed by atoms with Gasteiger partial charge >= 0.3 is 5.97 Å². The van der Waals surface area contributed by atoms with Gasteiger partial charge in [0.1, 0.15) is 6.10 Å². The average Bonchev–Trinajstić information content (AvgIpc) is 2.59. The highest BCUT2D eigenvalue weighted by Crippen LogP contribution is 2.11. The van der Waals surface area contributed by atoms with Gasteiger partial charge in [-0.1, -0.05) is 71.1 Å². The van der Waals surface area contributed by atoms with E-state index in [1.807, 2.05) is 0 Å². The first-order chi connectivity index (χ1) is 11.1. The normalized spacial score (nSPS) is 10.3. The molecule has 0 aliphatic rings. The Morgan fingerprint density at radius 1 is 0.826 bits per heavy atom. The molecule has 0 bridgehead atoms. The van der Waals surface area contributed by atoms with E-state index < -0.39 is 6.10 Å². The van der Waals surface area contributed by atoms with Crippen molar-refractivity contribution in [3.63, 3.8) is 0 Å². The van der Waals surface area contributed by atoms with Crippen molar-refractivity contribution in [2.45, 2.75) is 90.1 Å². The quantitative estimate of drug-likeness (QED) is 0.335. The Kier molecular flexibility index (Phi) is 22.8. The first kappa shape index (κ1) is 24.6. The largest absolute Gasteiger partial charge is 0.469 e. The second-order valence-electron chi connectivity index (χ2n) is 5.88. The molecule has 0 rings (SSSR count). The number of carbonyl (C=O) groups excluding carboxylic acids is 1. The highest BCUT2D eigenvalue weighted by atomic mass is 16.5. The van der Waals surface area contributed by atoms with Gasteiger partial charge in [0.05, 0.1) is 20.3 Å². The van der Waals surface area contributed by atoms with Crippen molar-refractivity contribution in [2.75, 3.05) is 20.3 Å². The van der Waals surface area contributed by atoms with Gasteiger partial charge in [0.15, 0.2) is 0 Å². The fourth-order valence-corrected chi connectivity index (χ4v) is 2.09. The summed E-state index contributed by atoms with van der Waals surface area (Å²) >= 11 is 0. The molecule has 0 spiro atoms. The molecule has 0 aliphatic carbocycles. The Morgan fingerprint density at radius 2 is 1.22 bits per heavy atom. The Morgan fingerprint density at radius 3 is 1.52 bits per heavy atom. The predicted octanol–water partition coefficient (Wildman–Crippen LogP) is 3.19. The smallest absolute Gasteiger partial charge is 0.305 e. The van der Waals surface area contributed by atoms with Crippen LogP contribution in [-0.2, 0) is 9.53 Å². The van der Waals surface area contributed by atoms with Crippen LogP contribution in [0.2, 0.25) is 0 Å². The van der Waals surface area contributed by atoms with Crippen LogP contribution in [0, 0.1) is 0 Å². The molecule has 0 aromatic heterocycles. The summed E-state index contributed by atoms with van der Waals surface area (Å²) in [5.74, 6) is -0.0686. The summed E-state index contributed by atoms with van der Waals surface area (Å²) in [7, 11) is 1.46. The van der Waals surface area contributed by atoms with E-state index >= 15 is 0 Å². The molecular weight excluding hydrogens is 296 g/mol. The van der Waals surface area contributed by atoms with Crippen LogP contribution in [0.5, 0.6) is 0 Å². The summed E-state index contributed by atoms with van der Waals surface area (Å²) in [6.07, 6.45) is 14.1. The number of aliphatic hydroxyl groups is 3. The maximum atomic E-state index is 10.8. The molecule has 0 radical (unpaired) electrons. The molecule has 5 heteroatoms. The number of ether oxygens (including phenoxy) is 1. The van der Waals surface area contributed by atoms with E-state index in [-0.39, 0.29) is 19.2 Å². The zero-order valence-electron chi connectivity index (χ0n) is 15.1. The van der Waals surface area contributed by atoms with Gasteiger partial charge in [-0.05, 0) is 6.42 Å². The summed E-state index contributed by atoms with van der Waals surface area (Å²) < 4.78 is 4.60. The molecule has 0 saturated carbocycles. The first-order valence-corrected chi connectivity index (χ1v) is 9.08. The van der Waals surface area contributed by atoms with Gasteiger partial charge in [-0.2, -0.15) is 0 Å². The van der Waals surface area contributed by atoms with Gasteiger partial charge < -0.3 is 20.1 Å². The van der Waals surface area contributed by atoms with E-state index in [0.717, 1.165) is 6.42 Å². The van der Waals surface area contributed by atoms with Crippen molar-refractivity contribution < 1.29 is 24.9 Å². The standard InChI is InChI=1S/C15H30O2.C3H8O3/c1-3-4-5-6-7-8-9-10-11-12-13-14-15(16)17-2;4-1-3(6)2-5/h3-14H2,1-2H3;3-6H,1-2H2. The van der Waals surface area contributed by atoms with Gasteiger partial charge in [0.25, 0.3) is 0 Å². The zero-order valence-corrected chi connectivity index (χ0v) is 15.1. The number of carbonyl (C=O) groups is 1. The lowest BCUT2D eigenvalue weighted by Gasteiger charge is -2.02. The van der Waals surface area contributed by atoms with Crippen molar-refractivity contribution in [1.82, 2.24) is 0 Å². The average molecular weight is 334 g/mol. The van der Waals surface area contributed by atoms with E-state index in [0.29, 0.717) is 6.42 Å². The third-order valence-corrected chi connectivity index (χ3v) is 3.63. The minimum absolute atomic E-state index is 0.0686. The van der Waals surface area contributed by atoms with E-state index in [2.05, 4.69) is 11.7 Å². The van der Waals surface area contributed by atoms with E-state index in [1.165, 1.54) is 71.3 Å². The molecule has 140 valence electrons. The Hall–Kier alpha value is -0.650. The highest BCUT2D eigenvalue weighted by molar-refractivity contribution is 5.68. The molecule has 0 fully saturated rings. The molecule has 0 saturated heterocycles. The topological polar surface area (TPSA) is 87.0 Å². The third kappa shape index (κ3) is 23.7. The summed E-state index contributed by atoms with van der Waals surface area (Å²) in [5, 5.41) is 24.0. The minimum atomic E-state index is -0.954. The monoisotopic (exact) mass is 334 g/mol. The zero-order chi connectivity index (χ0) is 17.8. The number of hydrogen-bond acceptors (Lipinski definition) is 5. The van der Waals surface area contributed by atoms with Crippen molar-refractivity contribution in [2.24, 2.45) is 0 Å². The molecule has 0 aromatic rings. The van der Waals surface area contributed by atoms with Crippen molar-refractivity contribution in [3.8, 4) is 0 Å². The molecule has 0 unspecified atom stereocenters. The van der Waals surface area contributed by atoms with Crippen LogP contribution >= 0.6 is 0 Å². The molecule has 0 amide bonds. The number of aliphatic hydroxyl groups excluding tert-OH is 3. The molecule has 0 atom stereocenters. The second-order valence-corrected chi connectivity index (χ2v) is 5.88. The van der Waals surface area contributed by atoms with Crippen LogP contribution in [0.15, 0.2) is 0 Å². The number of unbranched alkanes of at least 4 members (excludes halogenated alkanes) is 10. The van der Waals surface area contributed by atoms with Crippen LogP contribution in [0.1, 0.15) is 84.0 Å². The SMILES string of the molecule is CCCCCCCCCCCCCC(=O)OC.OCC(O)CO. The lowest BCUT2D eigenvalue weighted by molar-refractivity contribution is -0.140. The Labute approximate surface area is 142 Å². The van der Waals surface area contributed by atoms with Crippen molar-refractivity contribution >= 4 is 5.97 Å². The van der Waals surface area contributed by atoms with E-state index in [1.54, 1.807) is 0 Å². The summed E-state index contributed by atoms with van der Waals surface area (Å²) in [5.41, 5.74) is 0. The molecule has 23 heavy (non-hydrogen) atoms.